The minimum Gasteiger partial charge on any atom is -0.487 e. The Balaban J connectivity index is 1.65. The van der Waals surface area contributed by atoms with Gasteiger partial charge >= 0.3 is 0 Å². The van der Waals surface area contributed by atoms with Crippen molar-refractivity contribution in [3.8, 4) is 6.07 Å². The van der Waals surface area contributed by atoms with Gasteiger partial charge in [0.1, 0.15) is 18.2 Å². The van der Waals surface area contributed by atoms with Crippen LogP contribution >= 0.6 is 11.8 Å². The number of nitrogens with zero attached hydrogens (tertiary/aromatic N) is 4. The molecule has 4 rings (SSSR count). The van der Waals surface area contributed by atoms with Crippen LogP contribution in [-0.4, -0.2) is 33.3 Å². The third-order valence-electron chi connectivity index (χ3n) is 5.02. The van der Waals surface area contributed by atoms with E-state index in [1.807, 2.05) is 6.21 Å². The van der Waals surface area contributed by atoms with Crippen LogP contribution in [0.15, 0.2) is 52.9 Å². The zero-order valence-electron chi connectivity index (χ0n) is 14.1. The lowest BCUT2D eigenvalue weighted by Gasteiger charge is -2.17. The summed E-state index contributed by atoms with van der Waals surface area (Å²) < 4.78 is 6.05. The number of allylic oxidation sites excluding steroid dienone is 2. The van der Waals surface area contributed by atoms with Gasteiger partial charge in [-0.1, -0.05) is 6.08 Å². The maximum absolute atomic E-state index is 9.62. The van der Waals surface area contributed by atoms with Crippen LogP contribution in [-0.2, 0) is 4.74 Å². The molecule has 5 nitrogen and oxygen atoms in total. The molecular formula is C19H18N4OS. The molecule has 2 aliphatic heterocycles. The number of aliphatic imine (C=N–C) groups is 1. The molecule has 6 heteroatoms. The van der Waals surface area contributed by atoms with Gasteiger partial charge in [0.25, 0.3) is 0 Å². The Morgan fingerprint density at radius 3 is 2.88 bits per heavy atom. The fourth-order valence-electron chi connectivity index (χ4n) is 3.53. The molecule has 0 radical (unpaired) electrons. The van der Waals surface area contributed by atoms with Crippen molar-refractivity contribution < 1.29 is 4.74 Å². The van der Waals surface area contributed by atoms with Crippen molar-refractivity contribution >= 4 is 23.5 Å². The van der Waals surface area contributed by atoms with Crippen LogP contribution in [0.2, 0.25) is 0 Å². The lowest BCUT2D eigenvalue weighted by molar-refractivity contribution is 0.138. The molecule has 0 N–H and O–H groups in total. The molecule has 1 aliphatic carbocycles. The fourth-order valence-corrected chi connectivity index (χ4v) is 3.90. The van der Waals surface area contributed by atoms with E-state index in [4.69, 9.17) is 9.73 Å². The first-order valence-corrected chi connectivity index (χ1v) is 9.44. The van der Waals surface area contributed by atoms with E-state index in [2.05, 4.69) is 41.4 Å². The van der Waals surface area contributed by atoms with Crippen molar-refractivity contribution in [1.82, 2.24) is 9.97 Å². The Hall–Kier alpha value is -2.39. The monoisotopic (exact) mass is 350 g/mol. The largest absolute Gasteiger partial charge is 0.487 e. The second kappa shape index (κ2) is 6.16. The van der Waals surface area contributed by atoms with Crippen molar-refractivity contribution in [1.29, 1.82) is 5.26 Å². The topological polar surface area (TPSA) is 71.2 Å². The zero-order chi connectivity index (χ0) is 17.4. The summed E-state index contributed by atoms with van der Waals surface area (Å²) in [5, 5.41) is 9.62. The van der Waals surface area contributed by atoms with E-state index in [9.17, 15) is 5.26 Å². The molecule has 1 saturated carbocycles. The normalized spacial score (nSPS) is 31.9. The molecule has 1 aromatic heterocycles. The second-order valence-electron chi connectivity index (χ2n) is 6.62. The lowest BCUT2D eigenvalue weighted by atomic mass is 9.99. The molecule has 0 saturated heterocycles. The van der Waals surface area contributed by atoms with Crippen molar-refractivity contribution in [2.24, 2.45) is 10.9 Å². The van der Waals surface area contributed by atoms with Gasteiger partial charge in [-0.3, -0.25) is 4.99 Å². The molecule has 3 aliphatic rings. The van der Waals surface area contributed by atoms with Gasteiger partial charge in [0, 0.05) is 36.5 Å². The summed E-state index contributed by atoms with van der Waals surface area (Å²) in [5.41, 5.74) is 3.56. The number of thioether (sulfide) groups is 1. The molecule has 3 atom stereocenters. The van der Waals surface area contributed by atoms with E-state index >= 15 is 0 Å². The predicted octanol–water partition coefficient (Wildman–Crippen LogP) is 3.54. The first-order chi connectivity index (χ1) is 12.1. The highest BCUT2D eigenvalue weighted by Crippen LogP contribution is 2.48. The smallest absolute Gasteiger partial charge is 0.141 e. The third-order valence-corrected chi connectivity index (χ3v) is 6.15. The molecule has 1 fully saturated rings. The lowest BCUT2D eigenvalue weighted by Crippen LogP contribution is -2.18. The minimum absolute atomic E-state index is 0.0633. The molecule has 0 aromatic carbocycles. The molecular weight excluding hydrogens is 332 g/mol. The number of ether oxygens (including phenoxy) is 1. The average Bonchev–Trinajstić information content (AvgIpc) is 3.12. The fraction of sp³-hybridized carbons (Fsp3) is 0.368. The van der Waals surface area contributed by atoms with Crippen LogP contribution in [0.1, 0.15) is 25.3 Å². The van der Waals surface area contributed by atoms with Crippen LogP contribution in [0.3, 0.4) is 0 Å². The van der Waals surface area contributed by atoms with Crippen LogP contribution in [0.5, 0.6) is 0 Å². The third kappa shape index (κ3) is 2.79. The van der Waals surface area contributed by atoms with Gasteiger partial charge in [-0.25, -0.2) is 9.97 Å². The van der Waals surface area contributed by atoms with Gasteiger partial charge in [-0.2, -0.15) is 5.26 Å². The van der Waals surface area contributed by atoms with Gasteiger partial charge < -0.3 is 4.74 Å². The van der Waals surface area contributed by atoms with E-state index in [1.165, 1.54) is 6.33 Å². The standard InChI is InChI=1S/C19H18N4OS/c1-19(25-2)4-3-16-18(23-10-19)14-5-12(6-17(14)24-16)15(7-20)13-8-21-11-22-9-13/h3-4,8-11,14,17H,5-6H2,1-2H3/b15-12-. The minimum atomic E-state index is -0.111. The number of hydrogen-bond acceptors (Lipinski definition) is 6. The molecule has 0 bridgehead atoms. The first-order valence-electron chi connectivity index (χ1n) is 8.21. The second-order valence-corrected chi connectivity index (χ2v) is 7.91. The number of fused-ring (bicyclic) bond motifs is 2. The molecule has 1 aromatic rings. The van der Waals surface area contributed by atoms with Gasteiger partial charge in [0.2, 0.25) is 0 Å². The van der Waals surface area contributed by atoms with Crippen LogP contribution in [0.25, 0.3) is 5.57 Å². The maximum atomic E-state index is 9.62. The van der Waals surface area contributed by atoms with Gasteiger partial charge in [0.15, 0.2) is 0 Å². The Labute approximate surface area is 151 Å². The summed E-state index contributed by atoms with van der Waals surface area (Å²) >= 11 is 1.75. The van der Waals surface area contributed by atoms with Crippen LogP contribution in [0, 0.1) is 17.2 Å². The molecule has 0 spiro atoms. The van der Waals surface area contributed by atoms with E-state index in [-0.39, 0.29) is 16.8 Å². The number of rotatable bonds is 2. The summed E-state index contributed by atoms with van der Waals surface area (Å²) in [6, 6.07) is 2.33. The quantitative estimate of drug-likeness (QED) is 0.763. The van der Waals surface area contributed by atoms with E-state index in [0.29, 0.717) is 5.57 Å². The maximum Gasteiger partial charge on any atom is 0.141 e. The summed E-state index contributed by atoms with van der Waals surface area (Å²) in [6.07, 6.45) is 14.7. The van der Waals surface area contributed by atoms with Crippen molar-refractivity contribution in [2.45, 2.75) is 30.6 Å². The molecule has 3 unspecified atom stereocenters. The molecule has 0 amide bonds. The number of nitriles is 1. The van der Waals surface area contributed by atoms with Gasteiger partial charge in [-0.15, -0.1) is 11.8 Å². The summed E-state index contributed by atoms with van der Waals surface area (Å²) in [6.45, 7) is 2.14. The zero-order valence-corrected chi connectivity index (χ0v) is 15.0. The number of hydrogen-bond donors (Lipinski definition) is 0. The van der Waals surface area contributed by atoms with Gasteiger partial charge in [0.05, 0.1) is 22.1 Å². The Morgan fingerprint density at radius 1 is 1.36 bits per heavy atom. The number of aromatic nitrogens is 2. The Bertz CT molecular complexity index is 865. The Morgan fingerprint density at radius 2 is 2.16 bits per heavy atom. The first kappa shape index (κ1) is 16.1. The molecule has 126 valence electrons. The van der Waals surface area contributed by atoms with E-state index in [0.717, 1.165) is 35.4 Å². The van der Waals surface area contributed by atoms with E-state index < -0.39 is 0 Å². The van der Waals surface area contributed by atoms with Crippen LogP contribution < -0.4 is 0 Å². The van der Waals surface area contributed by atoms with Crippen molar-refractivity contribution in [3.63, 3.8) is 0 Å². The Kier molecular flexibility index (Phi) is 3.97. The molecule has 25 heavy (non-hydrogen) atoms. The van der Waals surface area contributed by atoms with Gasteiger partial charge in [-0.05, 0) is 31.2 Å². The highest BCUT2D eigenvalue weighted by molar-refractivity contribution is 8.00. The highest BCUT2D eigenvalue weighted by Gasteiger charge is 2.43. The van der Waals surface area contributed by atoms with E-state index in [1.54, 1.807) is 24.2 Å². The van der Waals surface area contributed by atoms with Crippen molar-refractivity contribution in [2.75, 3.05) is 6.26 Å². The predicted molar refractivity (Wildman–Crippen MR) is 98.7 cm³/mol. The SMILES string of the molecule is CSC1(C)C=CC2=C(N=C1)C1C/C(=C(\C#N)c3cncnc3)CC1O2. The average molecular weight is 350 g/mol. The summed E-state index contributed by atoms with van der Waals surface area (Å²) in [4.78, 5) is 12.8. The highest BCUT2D eigenvalue weighted by atomic mass is 32.2. The summed E-state index contributed by atoms with van der Waals surface area (Å²) in [7, 11) is 0. The van der Waals surface area contributed by atoms with Crippen LogP contribution in [0.4, 0.5) is 0 Å². The van der Waals surface area contributed by atoms with Crippen molar-refractivity contribution in [3.05, 3.63) is 53.5 Å². The molecule has 3 heterocycles. The summed E-state index contributed by atoms with van der Waals surface area (Å²) in [5.74, 6) is 1.09.